The summed E-state index contributed by atoms with van der Waals surface area (Å²) in [5.41, 5.74) is 0.191. The molecule has 2 rings (SSSR count). The van der Waals surface area contributed by atoms with E-state index < -0.39 is 11.7 Å². The second kappa shape index (κ2) is 5.02. The molecule has 0 aliphatic carbocycles. The monoisotopic (exact) mass is 291 g/mol. The standard InChI is InChI=1S/C12H13ClF3N3/c1-7(2)17-4-9-6-19-5-8(12(14,15)16)3-10(13)11(19)18-9/h3,5-7,17H,4H2,1-2H3. The van der Waals surface area contributed by atoms with Crippen LogP contribution in [0.5, 0.6) is 0 Å². The van der Waals surface area contributed by atoms with E-state index in [1.54, 1.807) is 6.20 Å². The first-order chi connectivity index (χ1) is 8.77. The van der Waals surface area contributed by atoms with Crippen molar-refractivity contribution in [2.75, 3.05) is 0 Å². The molecule has 0 bridgehead atoms. The van der Waals surface area contributed by atoms with Crippen LogP contribution in [0.1, 0.15) is 25.1 Å². The Morgan fingerprint density at radius 1 is 1.37 bits per heavy atom. The summed E-state index contributed by atoms with van der Waals surface area (Å²) < 4.78 is 39.3. The smallest absolute Gasteiger partial charge is 0.309 e. The summed E-state index contributed by atoms with van der Waals surface area (Å²) in [5, 5.41) is 3.14. The van der Waals surface area contributed by atoms with Gasteiger partial charge in [0, 0.05) is 25.0 Å². The van der Waals surface area contributed by atoms with E-state index in [0.717, 1.165) is 12.3 Å². The van der Waals surface area contributed by atoms with Crippen molar-refractivity contribution in [1.29, 1.82) is 0 Å². The quantitative estimate of drug-likeness (QED) is 0.938. The van der Waals surface area contributed by atoms with Gasteiger partial charge in [-0.1, -0.05) is 25.4 Å². The predicted octanol–water partition coefficient (Wildman–Crippen LogP) is 3.50. The SMILES string of the molecule is CC(C)NCc1cn2cc(C(F)(F)F)cc(Cl)c2n1. The van der Waals surface area contributed by atoms with Gasteiger partial charge in [0.25, 0.3) is 0 Å². The topological polar surface area (TPSA) is 29.3 Å². The minimum absolute atomic E-state index is 0.00868. The van der Waals surface area contributed by atoms with Gasteiger partial charge < -0.3 is 9.72 Å². The second-order valence-electron chi connectivity index (χ2n) is 4.57. The van der Waals surface area contributed by atoms with Crippen LogP contribution in [0.2, 0.25) is 5.02 Å². The van der Waals surface area contributed by atoms with Gasteiger partial charge in [0.05, 0.1) is 16.3 Å². The molecule has 0 amide bonds. The van der Waals surface area contributed by atoms with Crippen LogP contribution in [-0.4, -0.2) is 15.4 Å². The minimum atomic E-state index is -4.42. The maximum atomic E-state index is 12.7. The molecule has 0 unspecified atom stereocenters. The molecule has 1 N–H and O–H groups in total. The summed E-state index contributed by atoms with van der Waals surface area (Å²) in [6, 6.07) is 1.16. The Kier molecular flexibility index (Phi) is 3.73. The third-order valence-electron chi connectivity index (χ3n) is 2.57. The van der Waals surface area contributed by atoms with Crippen LogP contribution in [0.15, 0.2) is 18.5 Å². The highest BCUT2D eigenvalue weighted by Gasteiger charge is 2.31. The molecule has 7 heteroatoms. The first kappa shape index (κ1) is 14.1. The Hall–Kier alpha value is -1.27. The van der Waals surface area contributed by atoms with Crippen LogP contribution in [0.3, 0.4) is 0 Å². The van der Waals surface area contributed by atoms with Crippen LogP contribution < -0.4 is 5.32 Å². The van der Waals surface area contributed by atoms with Crippen molar-refractivity contribution in [2.45, 2.75) is 32.6 Å². The maximum Gasteiger partial charge on any atom is 0.417 e. The molecule has 104 valence electrons. The third-order valence-corrected chi connectivity index (χ3v) is 2.85. The molecule has 0 atom stereocenters. The number of hydrogen-bond donors (Lipinski definition) is 1. The molecule has 0 aliphatic rings. The van der Waals surface area contributed by atoms with Crippen molar-refractivity contribution in [3.8, 4) is 0 Å². The Balaban J connectivity index is 2.39. The number of rotatable bonds is 3. The van der Waals surface area contributed by atoms with Crippen molar-refractivity contribution in [3.05, 3.63) is 34.7 Å². The molecule has 2 aromatic rings. The van der Waals surface area contributed by atoms with Crippen LogP contribution >= 0.6 is 11.6 Å². The van der Waals surface area contributed by atoms with Gasteiger partial charge in [-0.15, -0.1) is 0 Å². The Labute approximate surface area is 113 Å². The summed E-state index contributed by atoms with van der Waals surface area (Å²) in [7, 11) is 0. The molecule has 0 aliphatic heterocycles. The first-order valence-corrected chi connectivity index (χ1v) is 6.13. The molecular weight excluding hydrogens is 279 g/mol. The fourth-order valence-electron chi connectivity index (χ4n) is 1.66. The Morgan fingerprint density at radius 3 is 2.63 bits per heavy atom. The average Bonchev–Trinajstić information content (AvgIpc) is 2.68. The van der Waals surface area contributed by atoms with Crippen molar-refractivity contribution >= 4 is 17.2 Å². The van der Waals surface area contributed by atoms with E-state index in [-0.39, 0.29) is 11.1 Å². The molecule has 0 saturated heterocycles. The van der Waals surface area contributed by atoms with Gasteiger partial charge in [-0.3, -0.25) is 0 Å². The highest BCUT2D eigenvalue weighted by Crippen LogP contribution is 2.32. The highest BCUT2D eigenvalue weighted by molar-refractivity contribution is 6.33. The Morgan fingerprint density at radius 2 is 2.05 bits per heavy atom. The molecule has 2 aromatic heterocycles. The van der Waals surface area contributed by atoms with Gasteiger partial charge in [-0.25, -0.2) is 4.98 Å². The number of alkyl halides is 3. The zero-order chi connectivity index (χ0) is 14.2. The number of hydrogen-bond acceptors (Lipinski definition) is 2. The number of pyridine rings is 1. The van der Waals surface area contributed by atoms with Crippen LogP contribution in [0.4, 0.5) is 13.2 Å². The van der Waals surface area contributed by atoms with Gasteiger partial charge in [0.1, 0.15) is 0 Å². The van der Waals surface area contributed by atoms with Crippen LogP contribution in [0.25, 0.3) is 5.65 Å². The third kappa shape index (κ3) is 3.19. The summed E-state index contributed by atoms with van der Waals surface area (Å²) in [4.78, 5) is 4.21. The number of nitrogens with one attached hydrogen (secondary N) is 1. The number of halogens is 4. The molecule has 19 heavy (non-hydrogen) atoms. The van der Waals surface area contributed by atoms with E-state index in [1.165, 1.54) is 4.40 Å². The van der Waals surface area contributed by atoms with Gasteiger partial charge in [0.15, 0.2) is 5.65 Å². The maximum absolute atomic E-state index is 12.7. The van der Waals surface area contributed by atoms with E-state index >= 15 is 0 Å². The Bertz CT molecular complexity index is 590. The molecule has 0 aromatic carbocycles. The molecule has 0 spiro atoms. The summed E-state index contributed by atoms with van der Waals surface area (Å²) in [6.45, 7) is 4.44. The lowest BCUT2D eigenvalue weighted by atomic mass is 10.3. The summed E-state index contributed by atoms with van der Waals surface area (Å²) in [6.07, 6.45) is -1.88. The van der Waals surface area contributed by atoms with Crippen molar-refractivity contribution in [2.24, 2.45) is 0 Å². The zero-order valence-corrected chi connectivity index (χ0v) is 11.2. The number of aromatic nitrogens is 2. The lowest BCUT2D eigenvalue weighted by Gasteiger charge is -2.07. The van der Waals surface area contributed by atoms with E-state index in [2.05, 4.69) is 10.3 Å². The normalized spacial score (nSPS) is 12.6. The number of nitrogens with zero attached hydrogens (tertiary/aromatic N) is 2. The highest BCUT2D eigenvalue weighted by atomic mass is 35.5. The molecule has 0 saturated carbocycles. The van der Waals surface area contributed by atoms with E-state index in [4.69, 9.17) is 11.6 Å². The van der Waals surface area contributed by atoms with Gasteiger partial charge in [-0.2, -0.15) is 13.2 Å². The van der Waals surface area contributed by atoms with E-state index in [9.17, 15) is 13.2 Å². The number of fused-ring (bicyclic) bond motifs is 1. The predicted molar refractivity (Wildman–Crippen MR) is 67.2 cm³/mol. The van der Waals surface area contributed by atoms with Crippen molar-refractivity contribution < 1.29 is 13.2 Å². The average molecular weight is 292 g/mol. The van der Waals surface area contributed by atoms with Crippen molar-refractivity contribution in [1.82, 2.24) is 14.7 Å². The van der Waals surface area contributed by atoms with Crippen molar-refractivity contribution in [3.63, 3.8) is 0 Å². The molecule has 0 radical (unpaired) electrons. The molecule has 3 nitrogen and oxygen atoms in total. The van der Waals surface area contributed by atoms with Crippen LogP contribution in [0, 0.1) is 0 Å². The molecule has 2 heterocycles. The van der Waals surface area contributed by atoms with E-state index in [0.29, 0.717) is 17.9 Å². The summed E-state index contributed by atoms with van der Waals surface area (Å²) in [5.74, 6) is 0. The fourth-order valence-corrected chi connectivity index (χ4v) is 1.91. The van der Waals surface area contributed by atoms with Gasteiger partial charge in [-0.05, 0) is 6.07 Å². The number of imidazole rings is 1. The van der Waals surface area contributed by atoms with Gasteiger partial charge >= 0.3 is 6.18 Å². The first-order valence-electron chi connectivity index (χ1n) is 5.75. The zero-order valence-electron chi connectivity index (χ0n) is 10.4. The lowest BCUT2D eigenvalue weighted by molar-refractivity contribution is -0.137. The van der Waals surface area contributed by atoms with Crippen LogP contribution in [-0.2, 0) is 12.7 Å². The van der Waals surface area contributed by atoms with Gasteiger partial charge in [0.2, 0.25) is 0 Å². The molecular formula is C12H13ClF3N3. The fraction of sp³-hybridized carbons (Fsp3) is 0.417. The minimum Gasteiger partial charge on any atom is -0.309 e. The molecule has 0 fully saturated rings. The lowest BCUT2D eigenvalue weighted by Crippen LogP contribution is -2.21. The summed E-state index contributed by atoms with van der Waals surface area (Å²) >= 11 is 5.84. The largest absolute Gasteiger partial charge is 0.417 e. The second-order valence-corrected chi connectivity index (χ2v) is 4.98. The van der Waals surface area contributed by atoms with E-state index in [1.807, 2.05) is 13.8 Å².